The van der Waals surface area contributed by atoms with E-state index < -0.39 is 5.97 Å². The molecule has 1 aliphatic carbocycles. The molecule has 10 nitrogen and oxygen atoms in total. The van der Waals surface area contributed by atoms with Crippen LogP contribution in [0.15, 0.2) is 60.8 Å². The molecule has 5 aromatic rings. The van der Waals surface area contributed by atoms with E-state index in [9.17, 15) is 9.90 Å². The number of carboxylic acid groups (broad SMARTS) is 1. The average molecular weight is 593 g/mol. The van der Waals surface area contributed by atoms with Gasteiger partial charge in [-0.05, 0) is 81.6 Å². The molecular formula is C34H36N6O4. The molecule has 0 amide bonds. The van der Waals surface area contributed by atoms with Crippen LogP contribution in [0.4, 0.5) is 0 Å². The normalized spacial score (nSPS) is 19.4. The molecule has 0 radical (unpaired) electrons. The Morgan fingerprint density at radius 1 is 0.932 bits per heavy atom. The topological polar surface area (TPSA) is 107 Å². The third-order valence-corrected chi connectivity index (χ3v) is 9.35. The third kappa shape index (κ3) is 5.44. The molecule has 3 fully saturated rings. The number of imidazole rings is 1. The Morgan fingerprint density at radius 2 is 1.77 bits per heavy atom. The smallest absolute Gasteiger partial charge is 0.335 e. The molecular weight excluding hydrogens is 556 g/mol. The molecule has 1 N–H and O–H groups in total. The van der Waals surface area contributed by atoms with Crippen LogP contribution in [0.1, 0.15) is 77.1 Å². The number of hydrogen-bond donors (Lipinski definition) is 1. The van der Waals surface area contributed by atoms with Gasteiger partial charge in [-0.25, -0.2) is 19.3 Å². The van der Waals surface area contributed by atoms with Gasteiger partial charge in [-0.1, -0.05) is 12.1 Å². The lowest BCUT2D eigenvalue weighted by atomic mass is 9.93. The van der Waals surface area contributed by atoms with Crippen LogP contribution in [-0.2, 0) is 24.4 Å². The minimum Gasteiger partial charge on any atom is -0.478 e. The number of ether oxygens (including phenoxy) is 2. The van der Waals surface area contributed by atoms with Crippen LogP contribution in [0, 0.1) is 0 Å². The van der Waals surface area contributed by atoms with Crippen molar-refractivity contribution < 1.29 is 19.4 Å². The van der Waals surface area contributed by atoms with Gasteiger partial charge in [-0.2, -0.15) is 5.10 Å². The number of benzene rings is 1. The number of rotatable bonds is 10. The quantitative estimate of drug-likeness (QED) is 0.230. The number of carbonyl (C=O) groups is 1. The van der Waals surface area contributed by atoms with Gasteiger partial charge in [-0.15, -0.1) is 0 Å². The molecule has 4 aromatic heterocycles. The van der Waals surface area contributed by atoms with Gasteiger partial charge < -0.3 is 19.1 Å². The van der Waals surface area contributed by atoms with Crippen LogP contribution in [0.3, 0.4) is 0 Å². The Morgan fingerprint density at radius 3 is 2.55 bits per heavy atom. The first-order valence-corrected chi connectivity index (χ1v) is 15.7. The molecule has 10 heteroatoms. The lowest BCUT2D eigenvalue weighted by Gasteiger charge is -2.32. The Labute approximate surface area is 255 Å². The number of pyridine rings is 2. The van der Waals surface area contributed by atoms with E-state index in [0.717, 1.165) is 79.1 Å². The second kappa shape index (κ2) is 11.3. The van der Waals surface area contributed by atoms with E-state index in [0.29, 0.717) is 30.9 Å². The largest absolute Gasteiger partial charge is 0.478 e. The van der Waals surface area contributed by atoms with Crippen molar-refractivity contribution in [3.63, 3.8) is 0 Å². The number of aromatic carboxylic acids is 1. The van der Waals surface area contributed by atoms with Crippen molar-refractivity contribution >= 4 is 22.5 Å². The monoisotopic (exact) mass is 592 g/mol. The van der Waals surface area contributed by atoms with Crippen LogP contribution in [0.5, 0.6) is 5.88 Å². The summed E-state index contributed by atoms with van der Waals surface area (Å²) in [6.07, 6.45) is 7.65. The highest BCUT2D eigenvalue weighted by molar-refractivity contribution is 5.92. The number of nitrogens with zero attached hydrogens (tertiary/aromatic N) is 6. The summed E-state index contributed by atoms with van der Waals surface area (Å²) in [5, 5.41) is 14.3. The van der Waals surface area contributed by atoms with E-state index in [4.69, 9.17) is 24.5 Å². The Hall–Kier alpha value is -4.28. The van der Waals surface area contributed by atoms with Crippen LogP contribution in [0.2, 0.25) is 0 Å². The average Bonchev–Trinajstić information content (AvgIpc) is 3.69. The molecule has 6 heterocycles. The van der Waals surface area contributed by atoms with Crippen molar-refractivity contribution in [1.82, 2.24) is 29.0 Å². The predicted octanol–water partition coefficient (Wildman–Crippen LogP) is 5.40. The summed E-state index contributed by atoms with van der Waals surface area (Å²) in [7, 11) is 0. The minimum absolute atomic E-state index is 0.152. The molecule has 3 aliphatic rings. The zero-order chi connectivity index (χ0) is 29.6. The molecule has 2 saturated heterocycles. The maximum atomic E-state index is 11.6. The van der Waals surface area contributed by atoms with E-state index in [2.05, 4.69) is 27.7 Å². The van der Waals surface area contributed by atoms with Gasteiger partial charge >= 0.3 is 5.97 Å². The predicted molar refractivity (Wildman–Crippen MR) is 164 cm³/mol. The molecule has 1 unspecified atom stereocenters. The molecule has 1 saturated carbocycles. The molecule has 226 valence electrons. The fourth-order valence-corrected chi connectivity index (χ4v) is 6.53. The van der Waals surface area contributed by atoms with Crippen molar-refractivity contribution in [1.29, 1.82) is 0 Å². The van der Waals surface area contributed by atoms with Gasteiger partial charge in [0.15, 0.2) is 0 Å². The molecule has 0 spiro atoms. The summed E-state index contributed by atoms with van der Waals surface area (Å²) in [6.45, 7) is 4.52. The van der Waals surface area contributed by atoms with Gasteiger partial charge in [0, 0.05) is 42.0 Å². The summed E-state index contributed by atoms with van der Waals surface area (Å²) in [5.74, 6) is 1.67. The van der Waals surface area contributed by atoms with Gasteiger partial charge in [0.05, 0.1) is 47.0 Å². The lowest BCUT2D eigenvalue weighted by molar-refractivity contribution is -0.0592. The highest BCUT2D eigenvalue weighted by Gasteiger charge is 2.28. The first kappa shape index (κ1) is 27.3. The zero-order valence-electron chi connectivity index (χ0n) is 24.6. The third-order valence-electron chi connectivity index (χ3n) is 9.35. The van der Waals surface area contributed by atoms with Crippen molar-refractivity contribution in [2.24, 2.45) is 0 Å². The molecule has 1 aromatic carbocycles. The molecule has 2 aliphatic heterocycles. The minimum atomic E-state index is -0.926. The summed E-state index contributed by atoms with van der Waals surface area (Å²) in [6, 6.07) is 17.6. The first-order valence-electron chi connectivity index (χ1n) is 15.7. The van der Waals surface area contributed by atoms with Gasteiger partial charge in [0.25, 0.3) is 0 Å². The summed E-state index contributed by atoms with van der Waals surface area (Å²) in [5.41, 5.74) is 6.45. The summed E-state index contributed by atoms with van der Waals surface area (Å²) in [4.78, 5) is 23.9. The second-order valence-electron chi connectivity index (χ2n) is 12.4. The highest BCUT2D eigenvalue weighted by Crippen LogP contribution is 2.39. The number of hydrogen-bond acceptors (Lipinski definition) is 7. The van der Waals surface area contributed by atoms with E-state index in [1.54, 1.807) is 12.1 Å². The molecule has 44 heavy (non-hydrogen) atoms. The SMILES string of the molecule is O=C(O)c1ccc2nc(CN3CCC(c4cccc(OCc5cccn6nc(C7CC7)cc56)n4)CC3)n(CC3CCO3)c2c1. The Kier molecular flexibility index (Phi) is 7.03. The number of aromatic nitrogens is 5. The van der Waals surface area contributed by atoms with E-state index in [-0.39, 0.29) is 11.7 Å². The van der Waals surface area contributed by atoms with Crippen LogP contribution in [-0.4, -0.2) is 65.9 Å². The van der Waals surface area contributed by atoms with Crippen molar-refractivity contribution in [3.05, 3.63) is 89.1 Å². The fraction of sp³-hybridized carbons (Fsp3) is 0.412. The number of fused-ring (bicyclic) bond motifs is 2. The molecule has 0 bridgehead atoms. The van der Waals surface area contributed by atoms with Gasteiger partial charge in [0.1, 0.15) is 12.4 Å². The van der Waals surface area contributed by atoms with Crippen molar-refractivity contribution in [3.8, 4) is 5.88 Å². The number of likely N-dealkylation sites (tertiary alicyclic amines) is 1. The van der Waals surface area contributed by atoms with E-state index >= 15 is 0 Å². The van der Waals surface area contributed by atoms with Gasteiger partial charge in [-0.3, -0.25) is 4.90 Å². The Balaban J connectivity index is 0.925. The maximum Gasteiger partial charge on any atom is 0.335 e. The summed E-state index contributed by atoms with van der Waals surface area (Å²) < 4.78 is 16.1. The fourth-order valence-electron chi connectivity index (χ4n) is 6.53. The second-order valence-corrected chi connectivity index (χ2v) is 12.4. The molecule has 1 atom stereocenters. The zero-order valence-corrected chi connectivity index (χ0v) is 24.6. The van der Waals surface area contributed by atoms with Gasteiger partial charge in [0.2, 0.25) is 5.88 Å². The Bertz CT molecular complexity index is 1830. The first-order chi connectivity index (χ1) is 21.6. The number of piperidine rings is 1. The van der Waals surface area contributed by atoms with Crippen LogP contribution < -0.4 is 4.74 Å². The lowest BCUT2D eigenvalue weighted by Crippen LogP contribution is -2.35. The number of carboxylic acids is 1. The van der Waals surface area contributed by atoms with Crippen LogP contribution in [0.25, 0.3) is 16.6 Å². The highest BCUT2D eigenvalue weighted by atomic mass is 16.5. The molecule has 8 rings (SSSR count). The van der Waals surface area contributed by atoms with Crippen LogP contribution >= 0.6 is 0 Å². The van der Waals surface area contributed by atoms with Crippen molar-refractivity contribution in [2.75, 3.05) is 19.7 Å². The summed E-state index contributed by atoms with van der Waals surface area (Å²) >= 11 is 0. The van der Waals surface area contributed by atoms with E-state index in [1.165, 1.54) is 18.5 Å². The standard InChI is InChI=1S/C34H36N6O4/c41-34(42)24-8-9-28-31(17-24)39(19-26-12-16-43-26)32(35-28)20-38-14-10-23(11-15-38)27-4-1-5-33(36-27)44-21-25-3-2-13-40-30(25)18-29(37-40)22-6-7-22/h1-5,8-9,13,17-18,22-23,26H,6-7,10-12,14-16,19-21H2,(H,41,42). The maximum absolute atomic E-state index is 11.6. The van der Waals surface area contributed by atoms with Crippen molar-refractivity contribution in [2.45, 2.75) is 69.7 Å². The van der Waals surface area contributed by atoms with E-state index in [1.807, 2.05) is 35.0 Å².